The second kappa shape index (κ2) is 4.11. The number of hydrogen-bond donors (Lipinski definition) is 2. The van der Waals surface area contributed by atoms with Crippen molar-refractivity contribution < 1.29 is 27.9 Å². The summed E-state index contributed by atoms with van der Waals surface area (Å²) in [7, 11) is 0. The molecule has 0 aliphatic carbocycles. The number of hydrogen-bond acceptors (Lipinski definition) is 2. The van der Waals surface area contributed by atoms with Gasteiger partial charge in [0.25, 0.3) is 0 Å². The third kappa shape index (κ3) is 2.40. The van der Waals surface area contributed by atoms with Gasteiger partial charge in [0.1, 0.15) is 11.7 Å². The van der Waals surface area contributed by atoms with E-state index in [2.05, 4.69) is 0 Å². The first-order valence-electron chi connectivity index (χ1n) is 4.47. The van der Waals surface area contributed by atoms with E-state index in [1.807, 2.05) is 0 Å². The average molecular weight is 250 g/mol. The number of carbonyl (C=O) groups excluding carboxylic acids is 1. The minimum Gasteiger partial charge on any atom is -0.478 e. The third-order valence-electron chi connectivity index (χ3n) is 2.24. The third-order valence-corrected chi connectivity index (χ3v) is 2.24. The van der Waals surface area contributed by atoms with Gasteiger partial charge in [0.15, 0.2) is 0 Å². The molecule has 1 unspecified atom stereocenters. The van der Waals surface area contributed by atoms with Gasteiger partial charge in [0, 0.05) is 6.20 Å². The summed E-state index contributed by atoms with van der Waals surface area (Å²) in [6, 6.07) is -0.496. The minimum absolute atomic E-state index is 0.506. The number of primary amides is 1. The summed E-state index contributed by atoms with van der Waals surface area (Å²) in [6.45, 7) is 1.16. The van der Waals surface area contributed by atoms with Crippen LogP contribution in [0.2, 0.25) is 0 Å². The molecule has 1 aromatic rings. The maximum Gasteiger partial charge on any atom is 0.432 e. The lowest BCUT2D eigenvalue weighted by Gasteiger charge is -2.16. The van der Waals surface area contributed by atoms with Crippen LogP contribution in [0.25, 0.3) is 0 Å². The summed E-state index contributed by atoms with van der Waals surface area (Å²) in [5, 5.41) is 8.63. The summed E-state index contributed by atoms with van der Waals surface area (Å²) < 4.78 is 38.6. The van der Waals surface area contributed by atoms with Crippen molar-refractivity contribution in [2.24, 2.45) is 5.73 Å². The molecule has 0 saturated carbocycles. The zero-order valence-corrected chi connectivity index (χ0v) is 8.65. The highest BCUT2D eigenvalue weighted by Gasteiger charge is 2.40. The first-order chi connectivity index (χ1) is 7.66. The SMILES string of the molecule is CC(C(N)=O)n1ccc(C(=O)O)c1C(F)(F)F. The predicted molar refractivity (Wildman–Crippen MR) is 50.3 cm³/mol. The number of carboxylic acid groups (broad SMARTS) is 1. The summed E-state index contributed by atoms with van der Waals surface area (Å²) in [6.07, 6.45) is -4.00. The number of rotatable bonds is 3. The molecule has 0 spiro atoms. The second-order valence-corrected chi connectivity index (χ2v) is 3.37. The van der Waals surface area contributed by atoms with Crippen LogP contribution >= 0.6 is 0 Å². The van der Waals surface area contributed by atoms with E-state index >= 15 is 0 Å². The molecule has 17 heavy (non-hydrogen) atoms. The summed E-state index contributed by atoms with van der Waals surface area (Å²) in [5.74, 6) is -2.70. The summed E-state index contributed by atoms with van der Waals surface area (Å²) >= 11 is 0. The number of carboxylic acids is 1. The summed E-state index contributed by atoms with van der Waals surface area (Å²) in [5.41, 5.74) is 2.59. The Morgan fingerprint density at radius 2 is 2.00 bits per heavy atom. The lowest BCUT2D eigenvalue weighted by molar-refractivity contribution is -0.145. The standard InChI is InChI=1S/C9H9F3N2O3/c1-4(7(13)15)14-3-2-5(8(16)17)6(14)9(10,11)12/h2-4H,1H3,(H2,13,15)(H,16,17). The van der Waals surface area contributed by atoms with Crippen LogP contribution in [0.4, 0.5) is 13.2 Å². The van der Waals surface area contributed by atoms with E-state index < -0.39 is 35.4 Å². The maximum atomic E-state index is 12.7. The van der Waals surface area contributed by atoms with Crippen molar-refractivity contribution in [3.05, 3.63) is 23.5 Å². The first kappa shape index (κ1) is 13.1. The van der Waals surface area contributed by atoms with Crippen molar-refractivity contribution in [1.29, 1.82) is 0 Å². The van der Waals surface area contributed by atoms with E-state index in [0.29, 0.717) is 4.57 Å². The molecule has 0 aliphatic heterocycles. The number of nitrogens with two attached hydrogens (primary N) is 1. The van der Waals surface area contributed by atoms with E-state index in [1.165, 1.54) is 0 Å². The van der Waals surface area contributed by atoms with E-state index in [1.54, 1.807) is 0 Å². The van der Waals surface area contributed by atoms with Crippen molar-refractivity contribution in [3.8, 4) is 0 Å². The molecular formula is C9H9F3N2O3. The van der Waals surface area contributed by atoms with Gasteiger partial charge in [-0.3, -0.25) is 4.79 Å². The fourth-order valence-corrected chi connectivity index (χ4v) is 1.38. The molecule has 1 amide bonds. The van der Waals surface area contributed by atoms with Gasteiger partial charge >= 0.3 is 12.1 Å². The van der Waals surface area contributed by atoms with Gasteiger partial charge in [-0.25, -0.2) is 4.79 Å². The van der Waals surface area contributed by atoms with Gasteiger partial charge in [0.05, 0.1) is 5.56 Å². The Labute approximate surface area is 93.6 Å². The molecule has 3 N–H and O–H groups in total. The van der Waals surface area contributed by atoms with Crippen LogP contribution in [-0.2, 0) is 11.0 Å². The molecule has 0 fully saturated rings. The first-order valence-corrected chi connectivity index (χ1v) is 4.47. The smallest absolute Gasteiger partial charge is 0.432 e. The van der Waals surface area contributed by atoms with E-state index in [0.717, 1.165) is 19.2 Å². The van der Waals surface area contributed by atoms with Crippen LogP contribution in [0.5, 0.6) is 0 Å². The predicted octanol–water partition coefficient (Wildman–Crippen LogP) is 1.25. The molecule has 0 aromatic carbocycles. The average Bonchev–Trinajstić information content (AvgIpc) is 2.59. The van der Waals surface area contributed by atoms with Crippen molar-refractivity contribution in [2.45, 2.75) is 19.1 Å². The zero-order chi connectivity index (χ0) is 13.4. The maximum absolute atomic E-state index is 12.7. The Morgan fingerprint density at radius 3 is 2.35 bits per heavy atom. The Hall–Kier alpha value is -1.99. The molecule has 5 nitrogen and oxygen atoms in total. The van der Waals surface area contributed by atoms with Crippen LogP contribution in [0.1, 0.15) is 29.0 Å². The van der Waals surface area contributed by atoms with E-state index in [9.17, 15) is 22.8 Å². The zero-order valence-electron chi connectivity index (χ0n) is 8.65. The highest BCUT2D eigenvalue weighted by atomic mass is 19.4. The fraction of sp³-hybridized carbons (Fsp3) is 0.333. The molecule has 1 rings (SSSR count). The number of aromatic carboxylic acids is 1. The lowest BCUT2D eigenvalue weighted by Crippen LogP contribution is -2.28. The van der Waals surface area contributed by atoms with Crippen LogP contribution in [0, 0.1) is 0 Å². The normalized spacial score (nSPS) is 13.4. The van der Waals surface area contributed by atoms with Crippen molar-refractivity contribution in [1.82, 2.24) is 4.57 Å². The Kier molecular flexibility index (Phi) is 3.16. The van der Waals surface area contributed by atoms with E-state index in [4.69, 9.17) is 10.8 Å². The summed E-state index contributed by atoms with van der Waals surface area (Å²) in [4.78, 5) is 21.5. The Bertz CT molecular complexity index is 465. The highest BCUT2D eigenvalue weighted by molar-refractivity contribution is 5.89. The van der Waals surface area contributed by atoms with Crippen LogP contribution < -0.4 is 5.73 Å². The Balaban J connectivity index is 3.43. The fourth-order valence-electron chi connectivity index (χ4n) is 1.38. The monoisotopic (exact) mass is 250 g/mol. The van der Waals surface area contributed by atoms with Gasteiger partial charge in [-0.15, -0.1) is 0 Å². The van der Waals surface area contributed by atoms with Crippen LogP contribution in [-0.4, -0.2) is 21.6 Å². The van der Waals surface area contributed by atoms with Crippen molar-refractivity contribution in [3.63, 3.8) is 0 Å². The lowest BCUT2D eigenvalue weighted by atomic mass is 10.2. The number of halogens is 3. The van der Waals surface area contributed by atoms with Crippen LogP contribution in [0.3, 0.4) is 0 Å². The topological polar surface area (TPSA) is 85.3 Å². The molecule has 8 heteroatoms. The molecular weight excluding hydrogens is 241 g/mol. The molecule has 0 saturated heterocycles. The number of carbonyl (C=O) groups is 2. The number of amides is 1. The van der Waals surface area contributed by atoms with Gasteiger partial charge in [-0.05, 0) is 13.0 Å². The number of nitrogens with zero attached hydrogens (tertiary/aromatic N) is 1. The quantitative estimate of drug-likeness (QED) is 0.846. The van der Waals surface area contributed by atoms with Crippen molar-refractivity contribution in [2.75, 3.05) is 0 Å². The molecule has 1 aromatic heterocycles. The molecule has 1 heterocycles. The number of alkyl halides is 3. The molecule has 94 valence electrons. The molecule has 0 aliphatic rings. The highest BCUT2D eigenvalue weighted by Crippen LogP contribution is 2.34. The van der Waals surface area contributed by atoms with Gasteiger partial charge in [0.2, 0.25) is 5.91 Å². The Morgan fingerprint density at radius 1 is 1.47 bits per heavy atom. The number of aromatic nitrogens is 1. The van der Waals surface area contributed by atoms with E-state index in [-0.39, 0.29) is 0 Å². The van der Waals surface area contributed by atoms with Gasteiger partial charge < -0.3 is 15.4 Å². The second-order valence-electron chi connectivity index (χ2n) is 3.37. The molecule has 1 atom stereocenters. The molecule has 0 radical (unpaired) electrons. The largest absolute Gasteiger partial charge is 0.478 e. The van der Waals surface area contributed by atoms with Gasteiger partial charge in [-0.2, -0.15) is 13.2 Å². The molecule has 0 bridgehead atoms. The van der Waals surface area contributed by atoms with Gasteiger partial charge in [-0.1, -0.05) is 0 Å². The van der Waals surface area contributed by atoms with Crippen molar-refractivity contribution >= 4 is 11.9 Å². The minimum atomic E-state index is -4.87. The van der Waals surface area contributed by atoms with Crippen LogP contribution in [0.15, 0.2) is 12.3 Å².